The average Bonchev–Trinajstić information content (AvgIpc) is 3.37. The molecule has 0 radical (unpaired) electrons. The minimum absolute atomic E-state index is 0.0430. The lowest BCUT2D eigenvalue weighted by atomic mass is 9.45. The summed E-state index contributed by atoms with van der Waals surface area (Å²) in [6.07, 6.45) is 3.25. The molecule has 0 amide bonds. The Morgan fingerprint density at radius 2 is 1.73 bits per heavy atom. The zero-order chi connectivity index (χ0) is 31.3. The van der Waals surface area contributed by atoms with Crippen molar-refractivity contribution in [1.29, 1.82) is 15.8 Å². The molecule has 1 unspecified atom stereocenters. The van der Waals surface area contributed by atoms with Crippen LogP contribution in [0.4, 0.5) is 4.39 Å². The number of rotatable bonds is 12. The van der Waals surface area contributed by atoms with Crippen molar-refractivity contribution in [2.45, 2.75) is 80.9 Å². The first-order valence-electron chi connectivity index (χ1n) is 13.6. The van der Waals surface area contributed by atoms with Crippen LogP contribution in [0, 0.1) is 53.6 Å². The molecule has 0 spiro atoms. The van der Waals surface area contributed by atoms with Gasteiger partial charge in [0.05, 0.1) is 18.3 Å². The monoisotopic (exact) mass is 609 g/mol. The van der Waals surface area contributed by atoms with Crippen molar-refractivity contribution in [1.82, 2.24) is 9.65 Å². The lowest BCUT2D eigenvalue weighted by Crippen LogP contribution is -2.10. The fraction of sp³-hybridized carbons (Fsp3) is 0.571. The maximum atomic E-state index is 13.4. The molecule has 12 heteroatoms. The summed E-state index contributed by atoms with van der Waals surface area (Å²) in [5.41, 5.74) is 2.03. The van der Waals surface area contributed by atoms with E-state index in [0.717, 1.165) is 30.4 Å². The Bertz CT molecular complexity index is 1030. The summed E-state index contributed by atoms with van der Waals surface area (Å²) in [5, 5.41) is 35.5. The van der Waals surface area contributed by atoms with Gasteiger partial charge in [0.2, 0.25) is 0 Å². The molecule has 1 N–H and O–H groups in total. The number of nitrogens with zero attached hydrogens (tertiary/aromatic N) is 5. The number of halogens is 1. The van der Waals surface area contributed by atoms with E-state index in [1.807, 2.05) is 65.4 Å². The van der Waals surface area contributed by atoms with Crippen molar-refractivity contribution in [2.24, 2.45) is 0 Å². The Labute approximate surface area is 253 Å². The molecule has 0 saturated carbocycles. The van der Waals surface area contributed by atoms with Gasteiger partial charge in [0.25, 0.3) is 6.71 Å². The maximum Gasteiger partial charge on any atom is 0.267 e. The quantitative estimate of drug-likeness (QED) is 0.0837. The smallest absolute Gasteiger partial charge is 0.267 e. The van der Waals surface area contributed by atoms with Crippen LogP contribution < -0.4 is 0 Å². The number of benzene rings is 1. The molecule has 2 aromatic rings. The van der Waals surface area contributed by atoms with Crippen LogP contribution in [-0.4, -0.2) is 47.4 Å². The minimum atomic E-state index is -0.246. The van der Waals surface area contributed by atoms with Crippen molar-refractivity contribution >= 4 is 39.1 Å². The minimum Gasteiger partial charge on any atom is -0.396 e. The Kier molecular flexibility index (Phi) is 31.8. The summed E-state index contributed by atoms with van der Waals surface area (Å²) in [7, 11) is 2.03. The standard InChI is InChI=1S/C12H9FN2S.C10H19BN3O2PS.3C2H6/c1-7-3-4-9(5-10(7)13)12-15-8(2)11(6-14)16-12;1-14(7-6-12)17-16-18-9-3-5-11(10-13)4-2-8-15;3*1-2/h3-5H,1-2H3;15,17H,2-5,7-9H2,1H3;3*1-2H3. The van der Waals surface area contributed by atoms with Crippen LogP contribution in [0.5, 0.6) is 0 Å². The lowest BCUT2D eigenvalue weighted by molar-refractivity contribution is 0.294. The molecule has 1 aromatic heterocycles. The molecular formula is C28H46BFN5O2PS2. The summed E-state index contributed by atoms with van der Waals surface area (Å²) in [4.78, 5) is 4.83. The Morgan fingerprint density at radius 1 is 1.10 bits per heavy atom. The number of hydrogen-bond acceptors (Lipinski definition) is 9. The number of aliphatic hydroxyl groups excluding tert-OH is 1. The fourth-order valence-electron chi connectivity index (χ4n) is 2.62. The Hall–Kier alpha value is -2.03. The van der Waals surface area contributed by atoms with E-state index in [-0.39, 0.29) is 28.1 Å². The van der Waals surface area contributed by atoms with E-state index in [0.29, 0.717) is 34.1 Å². The van der Waals surface area contributed by atoms with E-state index in [1.54, 1.807) is 19.9 Å². The van der Waals surface area contributed by atoms with Gasteiger partial charge in [-0.1, -0.05) is 66.3 Å². The van der Waals surface area contributed by atoms with Crippen molar-refractivity contribution in [3.8, 4) is 28.7 Å². The molecule has 2 rings (SSSR count). The topological polar surface area (TPSA) is 117 Å². The van der Waals surface area contributed by atoms with Gasteiger partial charge < -0.3 is 5.11 Å². The number of aliphatic hydroxyl groups is 1. The van der Waals surface area contributed by atoms with E-state index >= 15 is 0 Å². The second-order valence-electron chi connectivity index (χ2n) is 7.35. The van der Waals surface area contributed by atoms with Crippen LogP contribution in [0.15, 0.2) is 18.2 Å². The average molecular weight is 610 g/mol. The van der Waals surface area contributed by atoms with Gasteiger partial charge in [-0.25, -0.2) is 14.6 Å². The highest BCUT2D eigenvalue weighted by atomic mass is 32.2. The number of aromatic nitrogens is 1. The normalized spacial score (nSPS) is 9.32. The predicted molar refractivity (Wildman–Crippen MR) is 173 cm³/mol. The molecule has 1 atom stereocenters. The highest BCUT2D eigenvalue weighted by Gasteiger charge is 2.12. The SMILES string of the molecule is CC.CC.CC.CN(CC#N)POSCCCB(C#N)CCCO.Cc1ccc(-c2nc(C)c(C#N)s2)cc1F. The summed E-state index contributed by atoms with van der Waals surface area (Å²) in [6.45, 7) is 16.1. The van der Waals surface area contributed by atoms with Gasteiger partial charge >= 0.3 is 0 Å². The second-order valence-corrected chi connectivity index (χ2v) is 10.6. The van der Waals surface area contributed by atoms with Crippen molar-refractivity contribution in [3.63, 3.8) is 0 Å². The molecule has 1 aromatic carbocycles. The maximum absolute atomic E-state index is 13.4. The molecule has 0 aliphatic heterocycles. The molecule has 0 fully saturated rings. The van der Waals surface area contributed by atoms with Gasteiger partial charge in [0.1, 0.15) is 30.7 Å². The van der Waals surface area contributed by atoms with Gasteiger partial charge in [-0.15, -0.1) is 11.3 Å². The summed E-state index contributed by atoms with van der Waals surface area (Å²) in [6, 6.07) is 9.11. The molecule has 0 aliphatic carbocycles. The predicted octanol–water partition coefficient (Wildman–Crippen LogP) is 8.46. The number of nitriles is 3. The highest BCUT2D eigenvalue weighted by molar-refractivity contribution is 7.97. The van der Waals surface area contributed by atoms with Gasteiger partial charge in [-0.2, -0.15) is 10.5 Å². The Morgan fingerprint density at radius 3 is 2.23 bits per heavy atom. The van der Waals surface area contributed by atoms with Crippen LogP contribution in [0.2, 0.25) is 12.6 Å². The first kappa shape index (κ1) is 42.4. The number of thiazole rings is 1. The van der Waals surface area contributed by atoms with E-state index < -0.39 is 0 Å². The molecule has 1 heterocycles. The van der Waals surface area contributed by atoms with E-state index in [4.69, 9.17) is 24.9 Å². The Balaban J connectivity index is -0.000000577. The lowest BCUT2D eigenvalue weighted by Gasteiger charge is -2.10. The van der Waals surface area contributed by atoms with Crippen molar-refractivity contribution in [2.75, 3.05) is 26.0 Å². The van der Waals surface area contributed by atoms with Gasteiger partial charge in [0.15, 0.2) is 0 Å². The molecule has 222 valence electrons. The first-order chi connectivity index (χ1) is 19.4. The van der Waals surface area contributed by atoms with Crippen LogP contribution in [0.25, 0.3) is 10.6 Å². The summed E-state index contributed by atoms with van der Waals surface area (Å²) in [5.74, 6) is 2.86. The van der Waals surface area contributed by atoms with Crippen molar-refractivity contribution < 1.29 is 13.5 Å². The third-order valence-electron chi connectivity index (χ3n) is 4.55. The van der Waals surface area contributed by atoms with Gasteiger partial charge in [-0.3, -0.25) is 8.64 Å². The van der Waals surface area contributed by atoms with Crippen LogP contribution >= 0.6 is 32.3 Å². The molecular weight excluding hydrogens is 563 g/mol. The third-order valence-corrected chi connectivity index (χ3v) is 7.36. The number of hydrogen-bond donors (Lipinski definition) is 1. The molecule has 40 heavy (non-hydrogen) atoms. The van der Waals surface area contributed by atoms with E-state index in [9.17, 15) is 4.39 Å². The summed E-state index contributed by atoms with van der Waals surface area (Å²) < 4.78 is 20.5. The fourth-order valence-corrected chi connectivity index (χ4v) is 4.95. The zero-order valence-corrected chi connectivity index (χ0v) is 28.2. The van der Waals surface area contributed by atoms with E-state index in [2.05, 4.69) is 17.0 Å². The van der Waals surface area contributed by atoms with Crippen LogP contribution in [-0.2, 0) is 3.97 Å². The summed E-state index contributed by atoms with van der Waals surface area (Å²) >= 11 is 2.67. The van der Waals surface area contributed by atoms with Gasteiger partial charge in [0, 0.05) is 23.9 Å². The van der Waals surface area contributed by atoms with E-state index in [1.165, 1.54) is 29.4 Å². The third kappa shape index (κ3) is 19.9. The number of aryl methyl sites for hydroxylation is 2. The largest absolute Gasteiger partial charge is 0.396 e. The van der Waals surface area contributed by atoms with Crippen LogP contribution in [0.1, 0.15) is 70.5 Å². The molecule has 0 aliphatic rings. The molecule has 0 bridgehead atoms. The highest BCUT2D eigenvalue weighted by Crippen LogP contribution is 2.28. The molecule has 7 nitrogen and oxygen atoms in total. The molecule has 0 saturated heterocycles. The van der Waals surface area contributed by atoms with Crippen LogP contribution in [0.3, 0.4) is 0 Å². The van der Waals surface area contributed by atoms with Crippen molar-refractivity contribution in [3.05, 3.63) is 40.2 Å². The first-order valence-corrected chi connectivity index (χ1v) is 16.2. The van der Waals surface area contributed by atoms with Gasteiger partial charge in [-0.05, 0) is 57.4 Å². The zero-order valence-electron chi connectivity index (χ0n) is 25.5. The second kappa shape index (κ2) is 29.9.